The molecule has 0 aliphatic rings. The fraction of sp³-hybridized carbons (Fsp3) is 0.455. The van der Waals surface area contributed by atoms with Crippen LogP contribution >= 0.6 is 0 Å². The number of aliphatic carboxylic acids is 1. The number of carbonyl (C=O) groups is 1. The van der Waals surface area contributed by atoms with Crippen LogP contribution in [0.2, 0.25) is 0 Å². The predicted octanol–water partition coefficient (Wildman–Crippen LogP) is 1.74. The van der Waals surface area contributed by atoms with E-state index in [0.29, 0.717) is 18.6 Å². The molecule has 4 heteroatoms. The second-order valence-electron chi connectivity index (χ2n) is 3.47. The molecule has 0 aromatic carbocycles. The van der Waals surface area contributed by atoms with E-state index in [0.717, 1.165) is 5.69 Å². The summed E-state index contributed by atoms with van der Waals surface area (Å²) < 4.78 is 4.98. The van der Waals surface area contributed by atoms with E-state index >= 15 is 0 Å². The van der Waals surface area contributed by atoms with Crippen LogP contribution in [0.15, 0.2) is 18.3 Å². The second-order valence-corrected chi connectivity index (χ2v) is 3.47. The Labute approximate surface area is 88.9 Å². The van der Waals surface area contributed by atoms with Crippen LogP contribution in [-0.2, 0) is 11.2 Å². The third-order valence-electron chi connectivity index (χ3n) is 2.29. The van der Waals surface area contributed by atoms with Crippen LogP contribution in [0.25, 0.3) is 0 Å². The fourth-order valence-electron chi connectivity index (χ4n) is 1.17. The largest absolute Gasteiger partial charge is 0.495 e. The highest BCUT2D eigenvalue weighted by molar-refractivity contribution is 5.69. The Kier molecular flexibility index (Phi) is 4.09. The molecule has 82 valence electrons. The number of aromatic nitrogens is 1. The van der Waals surface area contributed by atoms with Crippen LogP contribution in [0, 0.1) is 5.92 Å². The first kappa shape index (κ1) is 11.5. The van der Waals surface area contributed by atoms with Gasteiger partial charge in [0.15, 0.2) is 0 Å². The molecule has 4 nitrogen and oxygen atoms in total. The molecule has 0 saturated heterocycles. The monoisotopic (exact) mass is 209 g/mol. The van der Waals surface area contributed by atoms with Gasteiger partial charge in [-0.25, -0.2) is 0 Å². The van der Waals surface area contributed by atoms with Crippen molar-refractivity contribution in [3.63, 3.8) is 0 Å². The number of aryl methyl sites for hydroxylation is 1. The Balaban J connectivity index is 2.47. The van der Waals surface area contributed by atoms with E-state index in [4.69, 9.17) is 9.84 Å². The molecule has 0 aliphatic carbocycles. The summed E-state index contributed by atoms with van der Waals surface area (Å²) in [5, 5.41) is 8.70. The zero-order valence-electron chi connectivity index (χ0n) is 8.93. The molecule has 0 aliphatic heterocycles. The van der Waals surface area contributed by atoms with Crippen LogP contribution in [0.5, 0.6) is 5.75 Å². The van der Waals surface area contributed by atoms with E-state index in [1.807, 2.05) is 12.1 Å². The summed E-state index contributed by atoms with van der Waals surface area (Å²) in [6.07, 6.45) is 2.92. The molecule has 0 fully saturated rings. The van der Waals surface area contributed by atoms with Crippen molar-refractivity contribution in [3.05, 3.63) is 24.0 Å². The first-order chi connectivity index (χ1) is 7.13. The number of pyridine rings is 1. The molecular formula is C11H15NO3. The third-order valence-corrected chi connectivity index (χ3v) is 2.29. The summed E-state index contributed by atoms with van der Waals surface area (Å²) in [4.78, 5) is 14.7. The second kappa shape index (κ2) is 5.34. The third kappa shape index (κ3) is 3.58. The molecule has 1 N–H and O–H groups in total. The Morgan fingerprint density at radius 3 is 2.80 bits per heavy atom. The van der Waals surface area contributed by atoms with E-state index in [1.165, 1.54) is 0 Å². The Morgan fingerprint density at radius 2 is 2.33 bits per heavy atom. The number of nitrogens with zero attached hydrogens (tertiary/aromatic N) is 1. The van der Waals surface area contributed by atoms with Crippen molar-refractivity contribution in [2.75, 3.05) is 7.11 Å². The van der Waals surface area contributed by atoms with Gasteiger partial charge >= 0.3 is 5.97 Å². The maximum Gasteiger partial charge on any atom is 0.306 e. The number of rotatable bonds is 5. The quantitative estimate of drug-likeness (QED) is 0.802. The average molecular weight is 209 g/mol. The fourth-order valence-corrected chi connectivity index (χ4v) is 1.17. The maximum atomic E-state index is 10.6. The lowest BCUT2D eigenvalue weighted by Gasteiger charge is -2.05. The molecule has 0 saturated carbocycles. The lowest BCUT2D eigenvalue weighted by atomic mass is 10.0. The smallest absolute Gasteiger partial charge is 0.306 e. The molecule has 1 aromatic rings. The first-order valence-electron chi connectivity index (χ1n) is 4.85. The van der Waals surface area contributed by atoms with Gasteiger partial charge in [0, 0.05) is 5.69 Å². The number of carboxylic acid groups (broad SMARTS) is 1. The van der Waals surface area contributed by atoms with Crippen molar-refractivity contribution in [1.29, 1.82) is 0 Å². The SMILES string of the molecule is COc1ccc(CCC(C)C(=O)O)nc1. The topological polar surface area (TPSA) is 59.4 Å². The number of hydrogen-bond donors (Lipinski definition) is 1. The van der Waals surface area contributed by atoms with Crippen LogP contribution in [-0.4, -0.2) is 23.2 Å². The van der Waals surface area contributed by atoms with Crippen molar-refractivity contribution in [2.24, 2.45) is 5.92 Å². The van der Waals surface area contributed by atoms with Crippen LogP contribution in [0.1, 0.15) is 19.0 Å². The minimum absolute atomic E-state index is 0.325. The minimum atomic E-state index is -0.761. The molecule has 15 heavy (non-hydrogen) atoms. The average Bonchev–Trinajstić information content (AvgIpc) is 2.26. The molecule has 0 bridgehead atoms. The molecular weight excluding hydrogens is 194 g/mol. The van der Waals surface area contributed by atoms with Gasteiger partial charge in [-0.15, -0.1) is 0 Å². The predicted molar refractivity (Wildman–Crippen MR) is 55.9 cm³/mol. The summed E-state index contributed by atoms with van der Waals surface area (Å²) in [7, 11) is 1.59. The minimum Gasteiger partial charge on any atom is -0.495 e. The van der Waals surface area contributed by atoms with Gasteiger partial charge in [0.25, 0.3) is 0 Å². The summed E-state index contributed by atoms with van der Waals surface area (Å²) >= 11 is 0. The molecule has 1 atom stereocenters. The van der Waals surface area contributed by atoms with Gasteiger partial charge in [-0.2, -0.15) is 0 Å². The number of ether oxygens (including phenoxy) is 1. The zero-order valence-corrected chi connectivity index (χ0v) is 8.93. The lowest BCUT2D eigenvalue weighted by molar-refractivity contribution is -0.141. The van der Waals surface area contributed by atoms with Crippen molar-refractivity contribution in [2.45, 2.75) is 19.8 Å². The highest BCUT2D eigenvalue weighted by Crippen LogP contribution is 2.11. The van der Waals surface area contributed by atoms with Gasteiger partial charge < -0.3 is 9.84 Å². The standard InChI is InChI=1S/C11H15NO3/c1-8(11(13)14)3-4-9-5-6-10(15-2)7-12-9/h5-8H,3-4H2,1-2H3,(H,13,14). The number of methoxy groups -OCH3 is 1. The van der Waals surface area contributed by atoms with Crippen LogP contribution in [0.3, 0.4) is 0 Å². The lowest BCUT2D eigenvalue weighted by Crippen LogP contribution is -2.10. The van der Waals surface area contributed by atoms with Gasteiger partial charge in [0.1, 0.15) is 5.75 Å². The Hall–Kier alpha value is -1.58. The normalized spacial score (nSPS) is 12.1. The maximum absolute atomic E-state index is 10.6. The van der Waals surface area contributed by atoms with Crippen molar-refractivity contribution < 1.29 is 14.6 Å². The highest BCUT2D eigenvalue weighted by atomic mass is 16.5. The molecule has 1 heterocycles. The number of carboxylic acids is 1. The molecule has 1 rings (SSSR count). The van der Waals surface area contributed by atoms with Gasteiger partial charge in [-0.3, -0.25) is 9.78 Å². The molecule has 1 aromatic heterocycles. The van der Waals surface area contributed by atoms with Gasteiger partial charge in [0.2, 0.25) is 0 Å². The van der Waals surface area contributed by atoms with E-state index in [2.05, 4.69) is 4.98 Å². The van der Waals surface area contributed by atoms with E-state index < -0.39 is 5.97 Å². The summed E-state index contributed by atoms with van der Waals surface area (Å²) in [6.45, 7) is 1.70. The molecule has 0 spiro atoms. The number of hydrogen-bond acceptors (Lipinski definition) is 3. The zero-order chi connectivity index (χ0) is 11.3. The molecule has 1 unspecified atom stereocenters. The highest BCUT2D eigenvalue weighted by Gasteiger charge is 2.10. The van der Waals surface area contributed by atoms with Gasteiger partial charge in [-0.05, 0) is 25.0 Å². The Bertz CT molecular complexity index is 321. The first-order valence-corrected chi connectivity index (χ1v) is 4.85. The summed E-state index contributed by atoms with van der Waals surface area (Å²) in [5.41, 5.74) is 0.893. The van der Waals surface area contributed by atoms with Crippen molar-refractivity contribution >= 4 is 5.97 Å². The van der Waals surface area contributed by atoms with Crippen molar-refractivity contribution in [1.82, 2.24) is 4.98 Å². The van der Waals surface area contributed by atoms with Crippen LogP contribution < -0.4 is 4.74 Å². The molecule has 0 radical (unpaired) electrons. The summed E-state index contributed by atoms with van der Waals surface area (Å²) in [6, 6.07) is 3.68. The van der Waals surface area contributed by atoms with Crippen molar-refractivity contribution in [3.8, 4) is 5.75 Å². The molecule has 0 amide bonds. The van der Waals surface area contributed by atoms with E-state index in [9.17, 15) is 4.79 Å². The van der Waals surface area contributed by atoms with E-state index in [-0.39, 0.29) is 5.92 Å². The van der Waals surface area contributed by atoms with Crippen LogP contribution in [0.4, 0.5) is 0 Å². The van der Waals surface area contributed by atoms with E-state index in [1.54, 1.807) is 20.2 Å². The van der Waals surface area contributed by atoms with Gasteiger partial charge in [-0.1, -0.05) is 6.92 Å². The summed E-state index contributed by atoms with van der Waals surface area (Å²) in [5.74, 6) is -0.373. The van der Waals surface area contributed by atoms with Gasteiger partial charge in [0.05, 0.1) is 19.2 Å². The Morgan fingerprint density at radius 1 is 1.60 bits per heavy atom.